The standard InChI is InChI=1S/C19H22ClN3O5/c1-12-6-8-19(9-7-12)17(26)23(18(27)22-19)10-16(25)28-11-15(24)21-14-4-2-13(20)3-5-14/h2-5,12H,6-11H2,1H3,(H,21,24)(H,22,27). The molecule has 0 radical (unpaired) electrons. The lowest BCUT2D eigenvalue weighted by atomic mass is 9.77. The van der Waals surface area contributed by atoms with E-state index >= 15 is 0 Å². The maximum absolute atomic E-state index is 12.7. The minimum absolute atomic E-state index is 0.396. The zero-order chi connectivity index (χ0) is 20.3. The van der Waals surface area contributed by atoms with Crippen molar-refractivity contribution in [2.45, 2.75) is 38.1 Å². The maximum Gasteiger partial charge on any atom is 0.326 e. The van der Waals surface area contributed by atoms with Gasteiger partial charge >= 0.3 is 12.0 Å². The Hall–Kier alpha value is -2.61. The highest BCUT2D eigenvalue weighted by molar-refractivity contribution is 6.30. The van der Waals surface area contributed by atoms with Crippen molar-refractivity contribution in [3.8, 4) is 0 Å². The topological polar surface area (TPSA) is 105 Å². The number of esters is 1. The van der Waals surface area contributed by atoms with Gasteiger partial charge in [-0.3, -0.25) is 19.3 Å². The first-order chi connectivity index (χ1) is 13.3. The van der Waals surface area contributed by atoms with Crippen LogP contribution in [0, 0.1) is 5.92 Å². The molecule has 1 aliphatic heterocycles. The summed E-state index contributed by atoms with van der Waals surface area (Å²) in [4.78, 5) is 49.6. The summed E-state index contributed by atoms with van der Waals surface area (Å²) in [5, 5.41) is 5.82. The highest BCUT2D eigenvalue weighted by Gasteiger charge is 2.52. The number of hydrogen-bond acceptors (Lipinski definition) is 5. The zero-order valence-corrected chi connectivity index (χ0v) is 16.3. The van der Waals surface area contributed by atoms with Crippen LogP contribution < -0.4 is 10.6 Å². The molecule has 1 saturated carbocycles. The van der Waals surface area contributed by atoms with Gasteiger partial charge in [0.05, 0.1) is 0 Å². The van der Waals surface area contributed by atoms with Crippen LogP contribution in [0.15, 0.2) is 24.3 Å². The fraction of sp³-hybridized carbons (Fsp3) is 0.474. The average Bonchev–Trinajstić information content (AvgIpc) is 2.89. The number of amides is 4. The van der Waals surface area contributed by atoms with Gasteiger partial charge in [-0.1, -0.05) is 18.5 Å². The molecule has 28 heavy (non-hydrogen) atoms. The van der Waals surface area contributed by atoms with Crippen molar-refractivity contribution in [3.63, 3.8) is 0 Å². The van der Waals surface area contributed by atoms with Gasteiger partial charge in [-0.2, -0.15) is 0 Å². The average molecular weight is 408 g/mol. The van der Waals surface area contributed by atoms with Crippen LogP contribution in [0.2, 0.25) is 5.02 Å². The van der Waals surface area contributed by atoms with Crippen molar-refractivity contribution in [2.24, 2.45) is 5.92 Å². The molecule has 0 aromatic heterocycles. The Balaban J connectivity index is 1.49. The van der Waals surface area contributed by atoms with Gasteiger partial charge in [-0.25, -0.2) is 4.79 Å². The predicted molar refractivity (Wildman–Crippen MR) is 102 cm³/mol. The summed E-state index contributed by atoms with van der Waals surface area (Å²) in [5.74, 6) is -1.25. The summed E-state index contributed by atoms with van der Waals surface area (Å²) in [6.07, 6.45) is 2.81. The Morgan fingerprint density at radius 3 is 2.54 bits per heavy atom. The summed E-state index contributed by atoms with van der Waals surface area (Å²) in [5.41, 5.74) is -0.399. The van der Waals surface area contributed by atoms with Crippen LogP contribution in [0.5, 0.6) is 0 Å². The monoisotopic (exact) mass is 407 g/mol. The van der Waals surface area contributed by atoms with E-state index < -0.39 is 42.5 Å². The molecule has 1 aromatic carbocycles. The van der Waals surface area contributed by atoms with Crippen LogP contribution in [-0.4, -0.2) is 47.4 Å². The smallest absolute Gasteiger partial charge is 0.326 e. The van der Waals surface area contributed by atoms with Crippen LogP contribution in [0.4, 0.5) is 10.5 Å². The first-order valence-electron chi connectivity index (χ1n) is 9.14. The molecule has 1 saturated heterocycles. The van der Waals surface area contributed by atoms with Gasteiger partial charge in [0.25, 0.3) is 11.8 Å². The first kappa shape index (κ1) is 20.1. The minimum atomic E-state index is -0.907. The second-order valence-corrected chi connectivity index (χ2v) is 7.74. The molecule has 1 aliphatic carbocycles. The lowest BCUT2D eigenvalue weighted by Gasteiger charge is -2.33. The molecule has 150 valence electrons. The summed E-state index contributed by atoms with van der Waals surface area (Å²) < 4.78 is 4.90. The Kier molecular flexibility index (Phi) is 5.88. The van der Waals surface area contributed by atoms with Crippen molar-refractivity contribution in [2.75, 3.05) is 18.5 Å². The molecule has 1 heterocycles. The highest BCUT2D eigenvalue weighted by atomic mass is 35.5. The number of hydrogen-bond donors (Lipinski definition) is 2. The number of anilines is 1. The van der Waals surface area contributed by atoms with Gasteiger partial charge in [0, 0.05) is 10.7 Å². The highest BCUT2D eigenvalue weighted by Crippen LogP contribution is 2.36. The molecule has 2 aliphatic rings. The van der Waals surface area contributed by atoms with E-state index in [-0.39, 0.29) is 0 Å². The molecule has 3 rings (SSSR count). The number of carbonyl (C=O) groups excluding carboxylic acids is 4. The van der Waals surface area contributed by atoms with Gasteiger partial charge in [-0.15, -0.1) is 0 Å². The zero-order valence-electron chi connectivity index (χ0n) is 15.5. The Morgan fingerprint density at radius 1 is 1.25 bits per heavy atom. The number of nitrogens with one attached hydrogen (secondary N) is 2. The summed E-state index contributed by atoms with van der Waals surface area (Å²) >= 11 is 5.77. The van der Waals surface area contributed by atoms with Crippen LogP contribution in [-0.2, 0) is 19.1 Å². The Labute approximate surface area is 167 Å². The Bertz CT molecular complexity index is 787. The van der Waals surface area contributed by atoms with E-state index in [2.05, 4.69) is 17.6 Å². The fourth-order valence-corrected chi connectivity index (χ4v) is 3.59. The molecule has 0 atom stereocenters. The van der Waals surface area contributed by atoms with Crippen molar-refractivity contribution in [1.29, 1.82) is 0 Å². The molecule has 9 heteroatoms. The predicted octanol–water partition coefficient (Wildman–Crippen LogP) is 2.32. The van der Waals surface area contributed by atoms with E-state index in [9.17, 15) is 19.2 Å². The molecule has 0 bridgehead atoms. The minimum Gasteiger partial charge on any atom is -0.454 e. The summed E-state index contributed by atoms with van der Waals surface area (Å²) in [6.45, 7) is 1.07. The fourth-order valence-electron chi connectivity index (χ4n) is 3.46. The molecule has 1 aromatic rings. The second kappa shape index (κ2) is 8.18. The number of benzene rings is 1. The van der Waals surface area contributed by atoms with E-state index in [1.54, 1.807) is 24.3 Å². The number of carbonyl (C=O) groups is 4. The Morgan fingerprint density at radius 2 is 1.89 bits per heavy atom. The van der Waals surface area contributed by atoms with Gasteiger partial charge in [0.15, 0.2) is 6.61 Å². The van der Waals surface area contributed by atoms with Gasteiger partial charge in [0.2, 0.25) is 0 Å². The quantitative estimate of drug-likeness (QED) is 0.575. The van der Waals surface area contributed by atoms with Gasteiger partial charge < -0.3 is 15.4 Å². The SMILES string of the molecule is CC1CCC2(CC1)NC(=O)N(CC(=O)OCC(=O)Nc1ccc(Cl)cc1)C2=O. The van der Waals surface area contributed by atoms with Crippen molar-refractivity contribution < 1.29 is 23.9 Å². The van der Waals surface area contributed by atoms with E-state index in [1.807, 2.05) is 0 Å². The number of halogens is 1. The molecule has 2 N–H and O–H groups in total. The second-order valence-electron chi connectivity index (χ2n) is 7.30. The summed E-state index contributed by atoms with van der Waals surface area (Å²) in [7, 11) is 0. The number of ether oxygens (including phenoxy) is 1. The maximum atomic E-state index is 12.7. The number of rotatable bonds is 5. The third kappa shape index (κ3) is 4.44. The third-order valence-corrected chi connectivity index (χ3v) is 5.41. The summed E-state index contributed by atoms with van der Waals surface area (Å²) in [6, 6.07) is 5.85. The molecular weight excluding hydrogens is 386 g/mol. The lowest BCUT2D eigenvalue weighted by Crippen LogP contribution is -2.49. The van der Waals surface area contributed by atoms with Crippen LogP contribution in [0.1, 0.15) is 32.6 Å². The molecular formula is C19H22ClN3O5. The van der Waals surface area contributed by atoms with Crippen LogP contribution in [0.3, 0.4) is 0 Å². The van der Waals surface area contributed by atoms with E-state index in [0.717, 1.165) is 17.7 Å². The lowest BCUT2D eigenvalue weighted by molar-refractivity contribution is -0.150. The van der Waals surface area contributed by atoms with Crippen molar-refractivity contribution in [1.82, 2.24) is 10.2 Å². The first-order valence-corrected chi connectivity index (χ1v) is 9.52. The number of urea groups is 1. The van der Waals surface area contributed by atoms with Crippen molar-refractivity contribution >= 4 is 41.1 Å². The largest absolute Gasteiger partial charge is 0.454 e. The molecule has 8 nitrogen and oxygen atoms in total. The third-order valence-electron chi connectivity index (χ3n) is 5.15. The normalized spacial score (nSPS) is 24.2. The van der Waals surface area contributed by atoms with Gasteiger partial charge in [0.1, 0.15) is 12.1 Å². The number of imide groups is 1. The molecule has 1 spiro atoms. The van der Waals surface area contributed by atoms with E-state index in [0.29, 0.717) is 29.5 Å². The van der Waals surface area contributed by atoms with Crippen molar-refractivity contribution in [3.05, 3.63) is 29.3 Å². The number of nitrogens with zero attached hydrogens (tertiary/aromatic N) is 1. The van der Waals surface area contributed by atoms with Gasteiger partial charge in [-0.05, 0) is 55.9 Å². The van der Waals surface area contributed by atoms with Crippen LogP contribution in [0.25, 0.3) is 0 Å². The van der Waals surface area contributed by atoms with E-state index in [4.69, 9.17) is 16.3 Å². The molecule has 2 fully saturated rings. The van der Waals surface area contributed by atoms with Crippen LogP contribution >= 0.6 is 11.6 Å². The molecule has 0 unspecified atom stereocenters. The molecule has 4 amide bonds. The van der Waals surface area contributed by atoms with E-state index in [1.165, 1.54) is 0 Å².